The molecule has 0 aliphatic rings. The summed E-state index contributed by atoms with van der Waals surface area (Å²) in [5.41, 5.74) is 6.00. The van der Waals surface area contributed by atoms with Gasteiger partial charge in [-0.15, -0.1) is 5.10 Å². The van der Waals surface area contributed by atoms with E-state index in [9.17, 15) is 0 Å². The maximum atomic E-state index is 4.79. The van der Waals surface area contributed by atoms with Crippen LogP contribution in [0.15, 0.2) is 54.6 Å². The number of hydrogen-bond donors (Lipinski definition) is 0. The largest absolute Gasteiger partial charge is 0.327 e. The van der Waals surface area contributed by atoms with E-state index < -0.39 is 0 Å². The first kappa shape index (κ1) is 15.7. The number of hydrogen-bond acceptors (Lipinski definition) is 4. The molecule has 0 radical (unpaired) electrons. The van der Waals surface area contributed by atoms with Crippen molar-refractivity contribution >= 4 is 16.8 Å². The van der Waals surface area contributed by atoms with Crippen LogP contribution in [-0.4, -0.2) is 29.1 Å². The molecule has 0 amide bonds. The quantitative estimate of drug-likeness (QED) is 0.481. The molecular formula is C21H18N6. The van der Waals surface area contributed by atoms with Gasteiger partial charge in [0.1, 0.15) is 5.82 Å². The van der Waals surface area contributed by atoms with E-state index in [4.69, 9.17) is 4.98 Å². The van der Waals surface area contributed by atoms with E-state index in [-0.39, 0.29) is 0 Å². The Labute approximate surface area is 156 Å². The Kier molecular flexibility index (Phi) is 3.33. The molecule has 0 saturated carbocycles. The minimum Gasteiger partial charge on any atom is -0.327 e. The van der Waals surface area contributed by atoms with E-state index in [0.29, 0.717) is 11.6 Å². The first-order chi connectivity index (χ1) is 13.1. The summed E-state index contributed by atoms with van der Waals surface area (Å²) in [6.45, 7) is 3.98. The summed E-state index contributed by atoms with van der Waals surface area (Å²) in [4.78, 5) is 13.9. The fourth-order valence-electron chi connectivity index (χ4n) is 3.46. The summed E-state index contributed by atoms with van der Waals surface area (Å²) in [5.74, 6) is 2.23. The second-order valence-corrected chi connectivity index (χ2v) is 6.75. The zero-order chi connectivity index (χ0) is 18.5. The van der Waals surface area contributed by atoms with Gasteiger partial charge in [-0.05, 0) is 38.1 Å². The number of nitrogens with zero attached hydrogens (tertiary/aromatic N) is 6. The fraction of sp³-hybridized carbons (Fsp3) is 0.143. The molecule has 132 valence electrons. The highest BCUT2D eigenvalue weighted by atomic mass is 15.3. The Morgan fingerprint density at radius 2 is 1.63 bits per heavy atom. The van der Waals surface area contributed by atoms with Gasteiger partial charge in [-0.2, -0.15) is 4.98 Å². The molecule has 0 atom stereocenters. The molecule has 0 bridgehead atoms. The summed E-state index contributed by atoms with van der Waals surface area (Å²) in [6, 6.07) is 18.3. The number of imidazole rings is 1. The first-order valence-electron chi connectivity index (χ1n) is 8.83. The van der Waals surface area contributed by atoms with E-state index >= 15 is 0 Å². The molecule has 0 aliphatic heterocycles. The predicted octanol–water partition coefficient (Wildman–Crippen LogP) is 3.96. The first-order valence-corrected chi connectivity index (χ1v) is 8.83. The Bertz CT molecular complexity index is 1300. The molecule has 5 aromatic rings. The van der Waals surface area contributed by atoms with Crippen LogP contribution in [0, 0.1) is 13.8 Å². The lowest BCUT2D eigenvalue weighted by Crippen LogP contribution is -1.97. The number of rotatable bonds is 2. The fourth-order valence-corrected chi connectivity index (χ4v) is 3.46. The molecule has 3 aromatic heterocycles. The van der Waals surface area contributed by atoms with Crippen LogP contribution in [0.2, 0.25) is 0 Å². The molecule has 0 aliphatic carbocycles. The van der Waals surface area contributed by atoms with Crippen LogP contribution < -0.4 is 0 Å². The molecule has 0 saturated heterocycles. The molecule has 6 heteroatoms. The van der Waals surface area contributed by atoms with Crippen molar-refractivity contribution < 1.29 is 0 Å². The van der Waals surface area contributed by atoms with Gasteiger partial charge in [0.2, 0.25) is 0 Å². The van der Waals surface area contributed by atoms with Gasteiger partial charge in [-0.3, -0.25) is 0 Å². The normalized spacial score (nSPS) is 11.5. The van der Waals surface area contributed by atoms with Crippen LogP contribution in [0.4, 0.5) is 0 Å². The van der Waals surface area contributed by atoms with Gasteiger partial charge in [0.25, 0.3) is 5.78 Å². The van der Waals surface area contributed by atoms with Crippen molar-refractivity contribution in [2.24, 2.45) is 7.05 Å². The zero-order valence-corrected chi connectivity index (χ0v) is 15.4. The van der Waals surface area contributed by atoms with Gasteiger partial charge in [0, 0.05) is 29.6 Å². The topological polar surface area (TPSA) is 60.9 Å². The number of fused-ring (bicyclic) bond motifs is 2. The Morgan fingerprint density at radius 1 is 0.815 bits per heavy atom. The number of aromatic nitrogens is 6. The lowest BCUT2D eigenvalue weighted by Gasteiger charge is -2.02. The Balaban J connectivity index is 1.67. The van der Waals surface area contributed by atoms with Gasteiger partial charge in [0.15, 0.2) is 5.82 Å². The highest BCUT2D eigenvalue weighted by Crippen LogP contribution is 2.27. The SMILES string of the molecule is Cc1cc(C)n2nc(-c3ccc4nc(-c5ccccc5)n(C)c4c3)nc2n1. The van der Waals surface area contributed by atoms with Crippen LogP contribution in [-0.2, 0) is 7.05 Å². The molecule has 0 fully saturated rings. The van der Waals surface area contributed by atoms with Crippen molar-refractivity contribution in [1.82, 2.24) is 29.1 Å². The maximum Gasteiger partial charge on any atom is 0.253 e. The molecule has 6 nitrogen and oxygen atoms in total. The van der Waals surface area contributed by atoms with E-state index in [1.165, 1.54) is 0 Å². The van der Waals surface area contributed by atoms with Crippen molar-refractivity contribution in [3.05, 3.63) is 66.0 Å². The van der Waals surface area contributed by atoms with Crippen molar-refractivity contribution in [3.8, 4) is 22.8 Å². The van der Waals surface area contributed by atoms with Gasteiger partial charge in [-0.1, -0.05) is 30.3 Å². The number of aryl methyl sites for hydroxylation is 3. The average Bonchev–Trinajstić information content (AvgIpc) is 3.24. The Morgan fingerprint density at radius 3 is 2.44 bits per heavy atom. The highest BCUT2D eigenvalue weighted by Gasteiger charge is 2.14. The van der Waals surface area contributed by atoms with E-state index in [2.05, 4.69) is 37.8 Å². The third-order valence-electron chi connectivity index (χ3n) is 4.79. The average molecular weight is 354 g/mol. The van der Waals surface area contributed by atoms with Gasteiger partial charge >= 0.3 is 0 Å². The predicted molar refractivity (Wildman–Crippen MR) is 105 cm³/mol. The number of benzene rings is 2. The molecule has 2 aromatic carbocycles. The third kappa shape index (κ3) is 2.49. The summed E-state index contributed by atoms with van der Waals surface area (Å²) < 4.78 is 3.89. The second-order valence-electron chi connectivity index (χ2n) is 6.75. The second kappa shape index (κ2) is 5.74. The van der Waals surface area contributed by atoms with Gasteiger partial charge in [-0.25, -0.2) is 14.5 Å². The maximum absolute atomic E-state index is 4.79. The summed E-state index contributed by atoms with van der Waals surface area (Å²) >= 11 is 0. The van der Waals surface area contributed by atoms with Crippen molar-refractivity contribution in [2.75, 3.05) is 0 Å². The van der Waals surface area contributed by atoms with E-state index in [0.717, 1.165) is 39.4 Å². The lowest BCUT2D eigenvalue weighted by atomic mass is 10.2. The molecule has 5 rings (SSSR count). The minimum atomic E-state index is 0.623. The molecule has 0 N–H and O–H groups in total. The Hall–Kier alpha value is -3.54. The lowest BCUT2D eigenvalue weighted by molar-refractivity contribution is 0.888. The summed E-state index contributed by atoms with van der Waals surface area (Å²) in [6.07, 6.45) is 0. The smallest absolute Gasteiger partial charge is 0.253 e. The van der Waals surface area contributed by atoms with Crippen LogP contribution >= 0.6 is 0 Å². The van der Waals surface area contributed by atoms with Crippen LogP contribution in [0.5, 0.6) is 0 Å². The van der Waals surface area contributed by atoms with Gasteiger partial charge in [0.05, 0.1) is 11.0 Å². The minimum absolute atomic E-state index is 0.623. The molecule has 0 unspecified atom stereocenters. The molecule has 0 spiro atoms. The third-order valence-corrected chi connectivity index (χ3v) is 4.79. The monoisotopic (exact) mass is 354 g/mol. The van der Waals surface area contributed by atoms with Crippen LogP contribution in [0.3, 0.4) is 0 Å². The molecular weight excluding hydrogens is 336 g/mol. The zero-order valence-electron chi connectivity index (χ0n) is 15.4. The van der Waals surface area contributed by atoms with Crippen molar-refractivity contribution in [3.63, 3.8) is 0 Å². The van der Waals surface area contributed by atoms with Crippen molar-refractivity contribution in [2.45, 2.75) is 13.8 Å². The van der Waals surface area contributed by atoms with Crippen LogP contribution in [0.1, 0.15) is 11.4 Å². The van der Waals surface area contributed by atoms with Crippen LogP contribution in [0.25, 0.3) is 39.6 Å². The standard InChI is InChI=1S/C21H18N6/c1-13-11-14(2)27-21(22-13)24-19(25-27)16-9-10-17-18(12-16)26(3)20(23-17)15-7-5-4-6-8-15/h4-12H,1-3H3. The highest BCUT2D eigenvalue weighted by molar-refractivity contribution is 5.84. The molecule has 3 heterocycles. The van der Waals surface area contributed by atoms with E-state index in [1.54, 1.807) is 4.52 Å². The van der Waals surface area contributed by atoms with Gasteiger partial charge < -0.3 is 4.57 Å². The van der Waals surface area contributed by atoms with Crippen molar-refractivity contribution in [1.29, 1.82) is 0 Å². The summed E-state index contributed by atoms with van der Waals surface area (Å²) in [5, 5.41) is 4.64. The van der Waals surface area contributed by atoms with E-state index in [1.807, 2.05) is 57.3 Å². The summed E-state index contributed by atoms with van der Waals surface area (Å²) in [7, 11) is 2.04. The molecule has 27 heavy (non-hydrogen) atoms.